The molecule has 0 aliphatic carbocycles. The Morgan fingerprint density at radius 1 is 1.47 bits per heavy atom. The molecule has 0 spiro atoms. The van der Waals surface area contributed by atoms with Crippen molar-refractivity contribution in [2.45, 2.75) is 32.2 Å². The predicted molar refractivity (Wildman–Crippen MR) is 78.0 cm³/mol. The van der Waals surface area contributed by atoms with Crippen LogP contribution in [0.2, 0.25) is 0 Å². The van der Waals surface area contributed by atoms with Gasteiger partial charge in [-0.15, -0.1) is 11.6 Å². The van der Waals surface area contributed by atoms with Gasteiger partial charge in [0.2, 0.25) is 0 Å². The van der Waals surface area contributed by atoms with E-state index in [1.165, 1.54) is 11.1 Å². The van der Waals surface area contributed by atoms with Crippen LogP contribution in [-0.2, 0) is 11.2 Å². The lowest BCUT2D eigenvalue weighted by atomic mass is 10.1. The van der Waals surface area contributed by atoms with E-state index in [0.717, 1.165) is 43.8 Å². The molecule has 3 nitrogen and oxygen atoms in total. The SMILES string of the molecule is Cc1ccc2nc(CCCl)n(C3CCCOC3)c2c1. The van der Waals surface area contributed by atoms with E-state index in [1.807, 2.05) is 0 Å². The molecule has 19 heavy (non-hydrogen) atoms. The van der Waals surface area contributed by atoms with Crippen molar-refractivity contribution in [2.75, 3.05) is 19.1 Å². The molecule has 1 aliphatic heterocycles. The quantitative estimate of drug-likeness (QED) is 0.804. The molecule has 0 radical (unpaired) electrons. The van der Waals surface area contributed by atoms with Gasteiger partial charge in [-0.1, -0.05) is 6.07 Å². The Balaban J connectivity index is 2.11. The largest absolute Gasteiger partial charge is 0.379 e. The fourth-order valence-electron chi connectivity index (χ4n) is 2.85. The second-order valence-electron chi connectivity index (χ2n) is 5.20. The van der Waals surface area contributed by atoms with Gasteiger partial charge < -0.3 is 9.30 Å². The van der Waals surface area contributed by atoms with Gasteiger partial charge >= 0.3 is 0 Å². The number of hydrogen-bond acceptors (Lipinski definition) is 2. The fraction of sp³-hybridized carbons (Fsp3) is 0.533. The number of aromatic nitrogens is 2. The number of halogens is 1. The van der Waals surface area contributed by atoms with Crippen LogP contribution in [0.5, 0.6) is 0 Å². The van der Waals surface area contributed by atoms with Gasteiger partial charge in [-0.05, 0) is 37.5 Å². The van der Waals surface area contributed by atoms with Gasteiger partial charge in [-0.25, -0.2) is 4.98 Å². The zero-order valence-electron chi connectivity index (χ0n) is 11.2. The Labute approximate surface area is 118 Å². The van der Waals surface area contributed by atoms with E-state index >= 15 is 0 Å². The zero-order chi connectivity index (χ0) is 13.2. The molecule has 0 saturated carbocycles. The highest BCUT2D eigenvalue weighted by molar-refractivity contribution is 6.17. The number of hydrogen-bond donors (Lipinski definition) is 0. The van der Waals surface area contributed by atoms with Crippen molar-refractivity contribution in [1.82, 2.24) is 9.55 Å². The van der Waals surface area contributed by atoms with E-state index in [-0.39, 0.29) is 0 Å². The molecule has 0 bridgehead atoms. The number of alkyl halides is 1. The van der Waals surface area contributed by atoms with Crippen LogP contribution in [0.25, 0.3) is 11.0 Å². The number of fused-ring (bicyclic) bond motifs is 1. The van der Waals surface area contributed by atoms with Crippen LogP contribution in [-0.4, -0.2) is 28.6 Å². The van der Waals surface area contributed by atoms with Crippen LogP contribution in [0.3, 0.4) is 0 Å². The van der Waals surface area contributed by atoms with Crippen molar-refractivity contribution in [3.8, 4) is 0 Å². The minimum absolute atomic E-state index is 0.402. The summed E-state index contributed by atoms with van der Waals surface area (Å²) < 4.78 is 7.99. The van der Waals surface area contributed by atoms with Gasteiger partial charge in [0.05, 0.1) is 23.7 Å². The highest BCUT2D eigenvalue weighted by atomic mass is 35.5. The van der Waals surface area contributed by atoms with Crippen molar-refractivity contribution >= 4 is 22.6 Å². The summed E-state index contributed by atoms with van der Waals surface area (Å²) in [7, 11) is 0. The van der Waals surface area contributed by atoms with Crippen LogP contribution in [0.4, 0.5) is 0 Å². The number of rotatable bonds is 3. The summed E-state index contributed by atoms with van der Waals surface area (Å²) in [6, 6.07) is 6.83. The molecule has 0 N–H and O–H groups in total. The van der Waals surface area contributed by atoms with Gasteiger partial charge in [-0.3, -0.25) is 0 Å². The molecule has 1 fully saturated rings. The number of ether oxygens (including phenoxy) is 1. The van der Waals surface area contributed by atoms with Gasteiger partial charge in [0.25, 0.3) is 0 Å². The molecule has 1 aromatic carbocycles. The maximum absolute atomic E-state index is 5.92. The van der Waals surface area contributed by atoms with Crippen LogP contribution in [0.15, 0.2) is 18.2 Å². The summed E-state index contributed by atoms with van der Waals surface area (Å²) in [6.07, 6.45) is 3.09. The Kier molecular flexibility index (Phi) is 3.76. The van der Waals surface area contributed by atoms with E-state index < -0.39 is 0 Å². The first kappa shape index (κ1) is 12.9. The minimum atomic E-state index is 0.402. The van der Waals surface area contributed by atoms with Crippen LogP contribution in [0.1, 0.15) is 30.3 Å². The Morgan fingerprint density at radius 2 is 2.37 bits per heavy atom. The third kappa shape index (κ3) is 2.49. The predicted octanol–water partition coefficient (Wildman–Crippen LogP) is 3.48. The lowest BCUT2D eigenvalue weighted by Crippen LogP contribution is -2.23. The molecule has 1 atom stereocenters. The molecule has 1 aromatic heterocycles. The van der Waals surface area contributed by atoms with E-state index in [0.29, 0.717) is 11.9 Å². The van der Waals surface area contributed by atoms with Crippen molar-refractivity contribution in [2.24, 2.45) is 0 Å². The Hall–Kier alpha value is -1.06. The summed E-state index contributed by atoms with van der Waals surface area (Å²) >= 11 is 5.92. The Morgan fingerprint density at radius 3 is 3.11 bits per heavy atom. The van der Waals surface area contributed by atoms with Crippen LogP contribution < -0.4 is 0 Å². The van der Waals surface area contributed by atoms with E-state index in [2.05, 4.69) is 29.7 Å². The molecular weight excluding hydrogens is 260 g/mol. The molecule has 1 saturated heterocycles. The number of aryl methyl sites for hydroxylation is 2. The molecule has 102 valence electrons. The first-order valence-corrected chi connectivity index (χ1v) is 7.44. The normalized spacial score (nSPS) is 20.0. The summed E-state index contributed by atoms with van der Waals surface area (Å²) in [5.74, 6) is 1.70. The van der Waals surface area contributed by atoms with Crippen molar-refractivity contribution in [1.29, 1.82) is 0 Å². The Bertz CT molecular complexity index is 573. The number of nitrogens with zero attached hydrogens (tertiary/aromatic N) is 2. The standard InChI is InChI=1S/C15H19ClN2O/c1-11-4-5-13-14(9-11)18(15(17-13)6-7-16)12-3-2-8-19-10-12/h4-5,9,12H,2-3,6-8,10H2,1H3. The molecular formula is C15H19ClN2O. The lowest BCUT2D eigenvalue weighted by molar-refractivity contribution is 0.0596. The fourth-order valence-corrected chi connectivity index (χ4v) is 3.02. The van der Waals surface area contributed by atoms with Crippen molar-refractivity contribution < 1.29 is 4.74 Å². The summed E-state index contributed by atoms with van der Waals surface area (Å²) in [4.78, 5) is 4.74. The van der Waals surface area contributed by atoms with Crippen molar-refractivity contribution in [3.05, 3.63) is 29.6 Å². The monoisotopic (exact) mass is 278 g/mol. The van der Waals surface area contributed by atoms with Gasteiger partial charge in [0.1, 0.15) is 5.82 Å². The summed E-state index contributed by atoms with van der Waals surface area (Å²) in [5, 5.41) is 0. The number of benzene rings is 1. The van der Waals surface area contributed by atoms with E-state index in [1.54, 1.807) is 0 Å². The minimum Gasteiger partial charge on any atom is -0.379 e. The first-order valence-electron chi connectivity index (χ1n) is 6.91. The van der Waals surface area contributed by atoms with Crippen molar-refractivity contribution in [3.63, 3.8) is 0 Å². The third-order valence-electron chi connectivity index (χ3n) is 3.74. The molecule has 2 aromatic rings. The maximum Gasteiger partial charge on any atom is 0.111 e. The van der Waals surface area contributed by atoms with Gasteiger partial charge in [-0.2, -0.15) is 0 Å². The average molecular weight is 279 g/mol. The molecule has 1 aliphatic rings. The highest BCUT2D eigenvalue weighted by Crippen LogP contribution is 2.28. The molecule has 0 amide bonds. The first-order chi connectivity index (χ1) is 9.29. The second kappa shape index (κ2) is 5.51. The maximum atomic E-state index is 5.92. The molecule has 3 rings (SSSR count). The summed E-state index contributed by atoms with van der Waals surface area (Å²) in [6.45, 7) is 3.79. The van der Waals surface area contributed by atoms with Gasteiger partial charge in [0, 0.05) is 18.9 Å². The highest BCUT2D eigenvalue weighted by Gasteiger charge is 2.21. The third-order valence-corrected chi connectivity index (χ3v) is 3.93. The van der Waals surface area contributed by atoms with Gasteiger partial charge in [0.15, 0.2) is 0 Å². The average Bonchev–Trinajstić information content (AvgIpc) is 2.77. The lowest BCUT2D eigenvalue weighted by Gasteiger charge is -2.25. The van der Waals surface area contributed by atoms with E-state index in [9.17, 15) is 0 Å². The molecule has 4 heteroatoms. The molecule has 1 unspecified atom stereocenters. The molecule has 2 heterocycles. The van der Waals surface area contributed by atoms with Crippen LogP contribution in [0, 0.1) is 6.92 Å². The van der Waals surface area contributed by atoms with E-state index in [4.69, 9.17) is 21.3 Å². The smallest absolute Gasteiger partial charge is 0.111 e. The second-order valence-corrected chi connectivity index (χ2v) is 5.58. The number of imidazole rings is 1. The van der Waals surface area contributed by atoms with Crippen LogP contribution >= 0.6 is 11.6 Å². The summed E-state index contributed by atoms with van der Waals surface area (Å²) in [5.41, 5.74) is 3.55. The topological polar surface area (TPSA) is 27.1 Å². The zero-order valence-corrected chi connectivity index (χ0v) is 12.0.